The molecule has 6 nitrogen and oxygen atoms in total. The number of rotatable bonds is 9. The quantitative estimate of drug-likeness (QED) is 0.587. The van der Waals surface area contributed by atoms with Crippen molar-refractivity contribution in [3.63, 3.8) is 0 Å². The smallest absolute Gasteiger partial charge is 0.236 e. The number of ether oxygens (including phenoxy) is 1. The molecule has 2 aromatic carbocycles. The van der Waals surface area contributed by atoms with E-state index in [1.54, 1.807) is 24.3 Å². The van der Waals surface area contributed by atoms with Gasteiger partial charge in [-0.1, -0.05) is 18.2 Å². The van der Waals surface area contributed by atoms with Crippen LogP contribution in [0.1, 0.15) is 12.8 Å². The molecule has 0 aliphatic rings. The third-order valence-corrected chi connectivity index (χ3v) is 3.72. The van der Waals surface area contributed by atoms with E-state index < -0.39 is 6.04 Å². The summed E-state index contributed by atoms with van der Waals surface area (Å²) in [4.78, 5) is 23.6. The van der Waals surface area contributed by atoms with Crippen molar-refractivity contribution in [1.82, 2.24) is 5.32 Å². The number of amides is 2. The van der Waals surface area contributed by atoms with Crippen LogP contribution >= 0.6 is 11.6 Å². The molecule has 0 aromatic heterocycles. The Morgan fingerprint density at radius 3 is 2.35 bits per heavy atom. The van der Waals surface area contributed by atoms with Crippen molar-refractivity contribution in [3.05, 3.63) is 54.6 Å². The molecule has 0 radical (unpaired) electrons. The highest BCUT2D eigenvalue weighted by Gasteiger charge is 2.14. The molecule has 1 atom stereocenters. The summed E-state index contributed by atoms with van der Waals surface area (Å²) in [6.45, 7) is 0.359. The lowest BCUT2D eigenvalue weighted by Crippen LogP contribution is -2.41. The number of benzene rings is 2. The van der Waals surface area contributed by atoms with Gasteiger partial charge < -0.3 is 21.1 Å². The number of para-hydroxylation sites is 1. The summed E-state index contributed by atoms with van der Waals surface area (Å²) < 4.78 is 5.69. The zero-order valence-electron chi connectivity index (χ0n) is 14.3. The van der Waals surface area contributed by atoms with Crippen LogP contribution in [0.5, 0.6) is 11.5 Å². The number of nitrogens with two attached hydrogens (primary N) is 1. The number of carbonyl (C=O) groups excluding carboxylic acids is 2. The second-order valence-corrected chi connectivity index (χ2v) is 5.99. The Morgan fingerprint density at radius 2 is 1.69 bits per heavy atom. The van der Waals surface area contributed by atoms with Crippen LogP contribution in [0.25, 0.3) is 0 Å². The summed E-state index contributed by atoms with van der Waals surface area (Å²) in [6, 6.07) is 15.7. The lowest BCUT2D eigenvalue weighted by molar-refractivity contribution is -0.122. The van der Waals surface area contributed by atoms with Gasteiger partial charge in [-0.05, 0) is 42.8 Å². The van der Waals surface area contributed by atoms with Crippen molar-refractivity contribution in [2.45, 2.75) is 18.9 Å². The van der Waals surface area contributed by atoms with E-state index >= 15 is 0 Å². The summed E-state index contributed by atoms with van der Waals surface area (Å²) in [5.41, 5.74) is 6.39. The van der Waals surface area contributed by atoms with Gasteiger partial charge in [-0.2, -0.15) is 0 Å². The Hall–Kier alpha value is -2.57. The van der Waals surface area contributed by atoms with Crippen molar-refractivity contribution in [3.8, 4) is 11.5 Å². The molecular formula is C19H22ClN3O3. The van der Waals surface area contributed by atoms with Crippen molar-refractivity contribution in [2.75, 3.05) is 17.7 Å². The fraction of sp³-hybridized carbons (Fsp3) is 0.263. The Labute approximate surface area is 157 Å². The molecule has 4 N–H and O–H groups in total. The lowest BCUT2D eigenvalue weighted by atomic mass is 10.1. The normalized spacial score (nSPS) is 11.5. The van der Waals surface area contributed by atoms with Gasteiger partial charge in [0.1, 0.15) is 11.5 Å². The summed E-state index contributed by atoms with van der Waals surface area (Å²) in [7, 11) is 0. The predicted molar refractivity (Wildman–Crippen MR) is 103 cm³/mol. The molecule has 0 saturated carbocycles. The van der Waals surface area contributed by atoms with Crippen LogP contribution in [0.3, 0.4) is 0 Å². The van der Waals surface area contributed by atoms with E-state index in [0.717, 1.165) is 5.75 Å². The first kappa shape index (κ1) is 19.8. The Kier molecular flexibility index (Phi) is 7.92. The van der Waals surface area contributed by atoms with E-state index in [4.69, 9.17) is 22.1 Å². The molecule has 0 heterocycles. The van der Waals surface area contributed by atoms with Gasteiger partial charge in [0.25, 0.3) is 0 Å². The van der Waals surface area contributed by atoms with Crippen LogP contribution in [0.2, 0.25) is 0 Å². The van der Waals surface area contributed by atoms with Gasteiger partial charge in [0.2, 0.25) is 11.8 Å². The molecule has 26 heavy (non-hydrogen) atoms. The molecule has 0 bridgehead atoms. The molecule has 0 fully saturated rings. The summed E-state index contributed by atoms with van der Waals surface area (Å²) in [6.07, 6.45) is 0.410. The number of carbonyl (C=O) groups is 2. The van der Waals surface area contributed by atoms with E-state index in [2.05, 4.69) is 10.6 Å². The maximum atomic E-state index is 12.0. The van der Waals surface area contributed by atoms with Crippen LogP contribution in [0.4, 0.5) is 5.69 Å². The average molecular weight is 376 g/mol. The molecule has 0 spiro atoms. The average Bonchev–Trinajstić information content (AvgIpc) is 2.66. The van der Waals surface area contributed by atoms with Crippen LogP contribution in [-0.2, 0) is 9.59 Å². The van der Waals surface area contributed by atoms with E-state index in [0.29, 0.717) is 23.9 Å². The second kappa shape index (κ2) is 10.4. The highest BCUT2D eigenvalue weighted by atomic mass is 35.5. The molecule has 2 rings (SSSR count). The SMILES string of the molecule is NC(CCC(=O)Nc1ccc(Oc2ccccc2)cc1)C(=O)NCCCl. The fourth-order valence-electron chi connectivity index (χ4n) is 2.17. The van der Waals surface area contributed by atoms with Gasteiger partial charge in [-0.25, -0.2) is 0 Å². The number of hydrogen-bond acceptors (Lipinski definition) is 4. The molecule has 0 aliphatic carbocycles. The first-order valence-corrected chi connectivity index (χ1v) is 8.84. The number of halogens is 1. The Bertz CT molecular complexity index is 708. The van der Waals surface area contributed by atoms with E-state index in [1.165, 1.54) is 0 Å². The van der Waals surface area contributed by atoms with Crippen LogP contribution < -0.4 is 21.1 Å². The lowest BCUT2D eigenvalue weighted by Gasteiger charge is -2.12. The summed E-state index contributed by atoms with van der Waals surface area (Å²) >= 11 is 5.50. The van der Waals surface area contributed by atoms with Gasteiger partial charge >= 0.3 is 0 Å². The van der Waals surface area contributed by atoms with E-state index in [1.807, 2.05) is 30.3 Å². The van der Waals surface area contributed by atoms with Gasteiger partial charge in [0, 0.05) is 24.5 Å². The van der Waals surface area contributed by atoms with E-state index in [-0.39, 0.29) is 24.7 Å². The molecule has 2 amide bonds. The predicted octanol–water partition coefficient (Wildman–Crippen LogP) is 2.88. The van der Waals surface area contributed by atoms with Gasteiger partial charge in [-0.15, -0.1) is 11.6 Å². The Balaban J connectivity index is 1.77. The highest BCUT2D eigenvalue weighted by Crippen LogP contribution is 2.22. The van der Waals surface area contributed by atoms with Crippen molar-refractivity contribution in [1.29, 1.82) is 0 Å². The number of nitrogens with one attached hydrogen (secondary N) is 2. The Morgan fingerprint density at radius 1 is 1.04 bits per heavy atom. The zero-order valence-corrected chi connectivity index (χ0v) is 15.0. The first-order chi connectivity index (χ1) is 12.6. The minimum absolute atomic E-state index is 0.151. The number of hydrogen-bond donors (Lipinski definition) is 3. The molecule has 0 aliphatic heterocycles. The molecule has 7 heteroatoms. The molecular weight excluding hydrogens is 354 g/mol. The van der Waals surface area contributed by atoms with Gasteiger partial charge in [-0.3, -0.25) is 9.59 Å². The molecule has 0 saturated heterocycles. The minimum atomic E-state index is -0.731. The van der Waals surface area contributed by atoms with E-state index in [9.17, 15) is 9.59 Å². The fourth-order valence-corrected chi connectivity index (χ4v) is 2.27. The highest BCUT2D eigenvalue weighted by molar-refractivity contribution is 6.18. The number of anilines is 1. The van der Waals surface area contributed by atoms with Gasteiger partial charge in [0.15, 0.2) is 0 Å². The third kappa shape index (κ3) is 6.74. The van der Waals surface area contributed by atoms with Crippen LogP contribution in [-0.4, -0.2) is 30.3 Å². The molecule has 138 valence electrons. The van der Waals surface area contributed by atoms with Crippen molar-refractivity contribution in [2.24, 2.45) is 5.73 Å². The maximum absolute atomic E-state index is 12.0. The first-order valence-electron chi connectivity index (χ1n) is 8.30. The maximum Gasteiger partial charge on any atom is 0.236 e. The van der Waals surface area contributed by atoms with Gasteiger partial charge in [0.05, 0.1) is 6.04 Å². The van der Waals surface area contributed by atoms with Crippen molar-refractivity contribution < 1.29 is 14.3 Å². The summed E-state index contributed by atoms with van der Waals surface area (Å²) in [5, 5.41) is 5.36. The van der Waals surface area contributed by atoms with Crippen LogP contribution in [0, 0.1) is 0 Å². The second-order valence-electron chi connectivity index (χ2n) is 5.61. The zero-order chi connectivity index (χ0) is 18.8. The molecule has 1 unspecified atom stereocenters. The topological polar surface area (TPSA) is 93.5 Å². The standard InChI is InChI=1S/C19H22ClN3O3/c20-12-13-22-19(25)17(21)10-11-18(24)23-14-6-8-16(9-7-14)26-15-4-2-1-3-5-15/h1-9,17H,10-13,21H2,(H,22,25)(H,23,24). The van der Waals surface area contributed by atoms with Crippen molar-refractivity contribution >= 4 is 29.1 Å². The third-order valence-electron chi connectivity index (χ3n) is 3.53. The number of alkyl halides is 1. The minimum Gasteiger partial charge on any atom is -0.457 e. The monoisotopic (exact) mass is 375 g/mol. The largest absolute Gasteiger partial charge is 0.457 e. The summed E-state index contributed by atoms with van der Waals surface area (Å²) in [5.74, 6) is 1.23. The van der Waals surface area contributed by atoms with Crippen LogP contribution in [0.15, 0.2) is 54.6 Å². The molecule has 2 aromatic rings.